The van der Waals surface area contributed by atoms with Crippen molar-refractivity contribution in [3.63, 3.8) is 0 Å². The molecule has 0 radical (unpaired) electrons. The number of benzene rings is 1. The van der Waals surface area contributed by atoms with Gasteiger partial charge in [0, 0.05) is 48.7 Å². The molecule has 44 heavy (non-hydrogen) atoms. The lowest BCUT2D eigenvalue weighted by molar-refractivity contribution is -0.192. The van der Waals surface area contributed by atoms with Crippen LogP contribution in [0.1, 0.15) is 31.7 Å². The zero-order chi connectivity index (χ0) is 31.4. The number of fused-ring (bicyclic) bond motifs is 1. The number of H-pyrrole nitrogens is 1. The third-order valence-corrected chi connectivity index (χ3v) is 7.14. The van der Waals surface area contributed by atoms with E-state index in [4.69, 9.17) is 19.4 Å². The van der Waals surface area contributed by atoms with E-state index in [2.05, 4.69) is 25.7 Å². The van der Waals surface area contributed by atoms with Crippen molar-refractivity contribution in [3.8, 4) is 16.9 Å². The number of para-hydroxylation sites is 1. The van der Waals surface area contributed by atoms with Crippen molar-refractivity contribution in [2.45, 2.75) is 37.9 Å². The largest absolute Gasteiger partial charge is 0.494 e. The number of pyridine rings is 2. The number of methoxy groups -OCH3 is 1. The molecular weight excluding hydrogens is 585 g/mol. The van der Waals surface area contributed by atoms with Gasteiger partial charge < -0.3 is 30.2 Å². The summed E-state index contributed by atoms with van der Waals surface area (Å²) in [6.45, 7) is 1.48. The van der Waals surface area contributed by atoms with Crippen LogP contribution < -0.4 is 20.9 Å². The number of halogens is 3. The number of hydrogen-bond donors (Lipinski definition) is 4. The summed E-state index contributed by atoms with van der Waals surface area (Å²) < 4.78 is 45.1. The topological polar surface area (TPSA) is 160 Å². The molecule has 4 aromatic rings. The van der Waals surface area contributed by atoms with E-state index in [0.717, 1.165) is 50.0 Å². The Morgan fingerprint density at radius 2 is 1.86 bits per heavy atom. The zero-order valence-corrected chi connectivity index (χ0v) is 23.5. The maximum absolute atomic E-state index is 12.8. The molecule has 2 aliphatic rings. The number of carbonyl (C=O) groups is 2. The fourth-order valence-electron chi connectivity index (χ4n) is 4.78. The first-order valence-electron chi connectivity index (χ1n) is 13.7. The van der Waals surface area contributed by atoms with Gasteiger partial charge in [0.15, 0.2) is 0 Å². The van der Waals surface area contributed by atoms with Gasteiger partial charge >= 0.3 is 12.1 Å². The van der Waals surface area contributed by atoms with E-state index in [9.17, 15) is 22.8 Å². The number of rotatable bonds is 7. The minimum atomic E-state index is -5.08. The molecule has 12 nitrogen and oxygen atoms in total. The maximum Gasteiger partial charge on any atom is 0.490 e. The van der Waals surface area contributed by atoms with Gasteiger partial charge in [0.1, 0.15) is 11.6 Å². The molecule has 1 saturated carbocycles. The van der Waals surface area contributed by atoms with Gasteiger partial charge in [-0.15, -0.1) is 0 Å². The summed E-state index contributed by atoms with van der Waals surface area (Å²) >= 11 is 0. The molecule has 4 N–H and O–H groups in total. The second kappa shape index (κ2) is 12.8. The van der Waals surface area contributed by atoms with Crippen LogP contribution in [0.15, 0.2) is 53.7 Å². The van der Waals surface area contributed by atoms with Gasteiger partial charge in [-0.2, -0.15) is 18.3 Å². The highest BCUT2D eigenvalue weighted by Gasteiger charge is 2.38. The average Bonchev–Trinajstić information content (AvgIpc) is 3.74. The molecule has 1 aliphatic heterocycles. The molecule has 0 bridgehead atoms. The first-order chi connectivity index (χ1) is 21.0. The highest BCUT2D eigenvalue weighted by Crippen LogP contribution is 2.39. The van der Waals surface area contributed by atoms with Gasteiger partial charge in [-0.05, 0) is 37.8 Å². The Kier molecular flexibility index (Phi) is 8.85. The number of aromatic nitrogens is 4. The molecule has 2 fully saturated rings. The smallest absolute Gasteiger partial charge is 0.490 e. The molecular formula is C29H29F3N6O6. The number of alkyl halides is 3. The molecule has 3 aromatic heterocycles. The van der Waals surface area contributed by atoms with E-state index in [1.807, 2.05) is 35.3 Å². The van der Waals surface area contributed by atoms with Gasteiger partial charge in [0.25, 0.3) is 5.56 Å². The van der Waals surface area contributed by atoms with Crippen LogP contribution >= 0.6 is 0 Å². The molecule has 4 heterocycles. The van der Waals surface area contributed by atoms with Crippen molar-refractivity contribution in [1.29, 1.82) is 0 Å². The van der Waals surface area contributed by atoms with Gasteiger partial charge in [-0.1, -0.05) is 12.1 Å². The summed E-state index contributed by atoms with van der Waals surface area (Å²) in [5.41, 5.74) is 3.20. The average molecular weight is 615 g/mol. The summed E-state index contributed by atoms with van der Waals surface area (Å²) in [7, 11) is 1.62. The number of nitrogens with zero attached hydrogens (tertiary/aromatic N) is 3. The van der Waals surface area contributed by atoms with E-state index in [1.54, 1.807) is 25.4 Å². The van der Waals surface area contributed by atoms with E-state index >= 15 is 0 Å². The van der Waals surface area contributed by atoms with Crippen molar-refractivity contribution < 1.29 is 37.3 Å². The van der Waals surface area contributed by atoms with Crippen molar-refractivity contribution >= 4 is 40.0 Å². The van der Waals surface area contributed by atoms with Crippen molar-refractivity contribution in [1.82, 2.24) is 19.7 Å². The quantitative estimate of drug-likeness (QED) is 0.228. The summed E-state index contributed by atoms with van der Waals surface area (Å²) in [6, 6.07) is 9.51. The molecule has 1 aromatic carbocycles. The number of aromatic amines is 1. The van der Waals surface area contributed by atoms with E-state index < -0.39 is 12.1 Å². The summed E-state index contributed by atoms with van der Waals surface area (Å²) in [5, 5.41) is 18.4. The Morgan fingerprint density at radius 1 is 1.14 bits per heavy atom. The van der Waals surface area contributed by atoms with Crippen molar-refractivity contribution in [3.05, 3.63) is 59.3 Å². The molecule has 15 heteroatoms. The molecule has 1 saturated heterocycles. The predicted octanol–water partition coefficient (Wildman–Crippen LogP) is 4.87. The number of hydrogen-bond acceptors (Lipinski definition) is 8. The number of nitrogens with one attached hydrogen (secondary N) is 3. The molecule has 0 unspecified atom stereocenters. The Bertz CT molecular complexity index is 1730. The summed E-state index contributed by atoms with van der Waals surface area (Å²) in [5.74, 6) is -1.76. The van der Waals surface area contributed by atoms with Crippen LogP contribution in [0.2, 0.25) is 0 Å². The number of ether oxygens (including phenoxy) is 2. The van der Waals surface area contributed by atoms with Crippen molar-refractivity contribution in [2.75, 3.05) is 31.0 Å². The summed E-state index contributed by atoms with van der Waals surface area (Å²) in [6.07, 6.45) is 3.99. The predicted molar refractivity (Wildman–Crippen MR) is 154 cm³/mol. The SMILES string of the molecule is COc1c(Nc2cc(NC(=O)C3CC3)nc3cc[nH]c(=O)c23)cccc1-c1cnn(C2CCOCC2)c1.O=C(O)C(F)(F)F. The third-order valence-electron chi connectivity index (χ3n) is 7.14. The van der Waals surface area contributed by atoms with Gasteiger partial charge in [0.05, 0.1) is 41.6 Å². The van der Waals surface area contributed by atoms with Crippen LogP contribution in [0.25, 0.3) is 22.0 Å². The maximum atomic E-state index is 12.8. The minimum absolute atomic E-state index is 0.0342. The Balaban J connectivity index is 0.000000493. The normalized spacial score (nSPS) is 15.3. The fourth-order valence-corrected chi connectivity index (χ4v) is 4.78. The molecule has 232 valence electrons. The van der Waals surface area contributed by atoms with Crippen LogP contribution in [-0.4, -0.2) is 63.2 Å². The minimum Gasteiger partial charge on any atom is -0.494 e. The number of anilines is 3. The van der Waals surface area contributed by atoms with Gasteiger partial charge in [-0.25, -0.2) is 9.78 Å². The van der Waals surface area contributed by atoms with Crippen molar-refractivity contribution in [2.24, 2.45) is 5.92 Å². The second-order valence-electron chi connectivity index (χ2n) is 10.3. The Morgan fingerprint density at radius 3 is 2.52 bits per heavy atom. The number of aliphatic carboxylic acids is 1. The molecule has 1 amide bonds. The van der Waals surface area contributed by atoms with Gasteiger partial charge in [-0.3, -0.25) is 14.3 Å². The highest BCUT2D eigenvalue weighted by atomic mass is 19.4. The summed E-state index contributed by atoms with van der Waals surface area (Å²) in [4.78, 5) is 41.3. The van der Waals surface area contributed by atoms with Crippen LogP contribution in [-0.2, 0) is 14.3 Å². The van der Waals surface area contributed by atoms with Crippen LogP contribution in [0, 0.1) is 5.92 Å². The van der Waals surface area contributed by atoms with Crippen LogP contribution in [0.3, 0.4) is 0 Å². The van der Waals surface area contributed by atoms with Gasteiger partial charge in [0.2, 0.25) is 5.91 Å². The van der Waals surface area contributed by atoms with Crippen LogP contribution in [0.5, 0.6) is 5.75 Å². The lowest BCUT2D eigenvalue weighted by Gasteiger charge is -2.22. The fraction of sp³-hybridized carbons (Fsp3) is 0.345. The first kappa shape index (κ1) is 30.5. The molecule has 6 rings (SSSR count). The van der Waals surface area contributed by atoms with Crippen LogP contribution in [0.4, 0.5) is 30.4 Å². The zero-order valence-electron chi connectivity index (χ0n) is 23.5. The lowest BCUT2D eigenvalue weighted by Crippen LogP contribution is -2.21. The molecule has 0 atom stereocenters. The lowest BCUT2D eigenvalue weighted by atomic mass is 10.1. The highest BCUT2D eigenvalue weighted by molar-refractivity contribution is 5.99. The number of carbonyl (C=O) groups excluding carboxylic acids is 1. The van der Waals surface area contributed by atoms with E-state index in [1.165, 1.54) is 0 Å². The Labute approximate surface area is 248 Å². The van der Waals surface area contributed by atoms with E-state index in [-0.39, 0.29) is 17.4 Å². The standard InChI is InChI=1S/C27H28N6O4.C2HF3O2/c1-36-25-19(17-14-29-33(15-17)18-8-11-37-12-9-18)3-2-4-21(25)30-22-13-23(32-26(34)16-5-6-16)31-20-7-10-28-27(35)24(20)22;3-2(4,5)1(6)7/h2-4,7,10,13-16,18H,5-6,8-9,11-12H2,1H3,(H,28,35)(H2,30,31,32,34);(H,6,7). The second-order valence-corrected chi connectivity index (χ2v) is 10.3. The number of amides is 1. The third kappa shape index (κ3) is 6.99. The molecule has 1 aliphatic carbocycles. The first-order valence-corrected chi connectivity index (χ1v) is 13.7. The monoisotopic (exact) mass is 614 g/mol. The molecule has 0 spiro atoms. The Hall–Kier alpha value is -4.92. The number of carboxylic acid groups (broad SMARTS) is 1. The number of carboxylic acids is 1. The van der Waals surface area contributed by atoms with E-state index in [0.29, 0.717) is 39.9 Å².